The van der Waals surface area contributed by atoms with Crippen molar-refractivity contribution in [3.8, 4) is 0 Å². The van der Waals surface area contributed by atoms with Crippen molar-refractivity contribution in [2.75, 3.05) is 65.6 Å². The molecule has 1 aromatic heterocycles. The Morgan fingerprint density at radius 2 is 1.81 bits per heavy atom. The molecule has 27 heavy (non-hydrogen) atoms. The van der Waals surface area contributed by atoms with Crippen molar-refractivity contribution in [3.05, 3.63) is 30.1 Å². The van der Waals surface area contributed by atoms with E-state index in [1.54, 1.807) is 0 Å². The Balaban J connectivity index is 1.35. The van der Waals surface area contributed by atoms with Crippen LogP contribution in [-0.4, -0.2) is 96.7 Å². The minimum absolute atomic E-state index is 0.0409. The third-order valence-corrected chi connectivity index (χ3v) is 5.53. The zero-order valence-electron chi connectivity index (χ0n) is 16.7. The fraction of sp³-hybridized carbons (Fsp3) is 0.700. The summed E-state index contributed by atoms with van der Waals surface area (Å²) in [6, 6.07) is 6.04. The van der Waals surface area contributed by atoms with E-state index in [9.17, 15) is 4.79 Å². The summed E-state index contributed by atoms with van der Waals surface area (Å²) in [6.45, 7) is 13.6. The second-order valence-corrected chi connectivity index (χ2v) is 8.06. The van der Waals surface area contributed by atoms with E-state index in [2.05, 4.69) is 44.9 Å². The first kappa shape index (κ1) is 20.2. The second kappa shape index (κ2) is 9.59. The maximum atomic E-state index is 12.4. The van der Waals surface area contributed by atoms with E-state index in [0.29, 0.717) is 13.1 Å². The van der Waals surface area contributed by atoms with Gasteiger partial charge in [-0.1, -0.05) is 6.07 Å². The van der Waals surface area contributed by atoms with Gasteiger partial charge in [0.15, 0.2) is 0 Å². The van der Waals surface area contributed by atoms with Gasteiger partial charge in [-0.05, 0) is 26.0 Å². The SMILES string of the molecule is CC(C)(CNC(=O)CN1CCN(Cc2ccccn2)CC1)N1CCOCC1. The summed E-state index contributed by atoms with van der Waals surface area (Å²) in [7, 11) is 0. The molecule has 3 heterocycles. The first-order chi connectivity index (χ1) is 13.0. The summed E-state index contributed by atoms with van der Waals surface area (Å²) in [5.74, 6) is 0.120. The van der Waals surface area contributed by atoms with Crippen LogP contribution in [0.2, 0.25) is 0 Å². The highest BCUT2D eigenvalue weighted by Crippen LogP contribution is 2.15. The van der Waals surface area contributed by atoms with E-state index in [-0.39, 0.29) is 11.4 Å². The summed E-state index contributed by atoms with van der Waals surface area (Å²) >= 11 is 0. The normalized spacial score (nSPS) is 20.5. The van der Waals surface area contributed by atoms with Gasteiger partial charge in [0.05, 0.1) is 25.5 Å². The molecule has 0 spiro atoms. The molecule has 2 saturated heterocycles. The molecule has 3 rings (SSSR count). The van der Waals surface area contributed by atoms with Crippen molar-refractivity contribution in [1.29, 1.82) is 0 Å². The molecule has 0 aliphatic carbocycles. The largest absolute Gasteiger partial charge is 0.379 e. The number of nitrogens with one attached hydrogen (secondary N) is 1. The molecular weight excluding hydrogens is 342 g/mol. The maximum Gasteiger partial charge on any atom is 0.234 e. The number of carbonyl (C=O) groups is 1. The van der Waals surface area contributed by atoms with E-state index < -0.39 is 0 Å². The van der Waals surface area contributed by atoms with E-state index in [0.717, 1.165) is 64.7 Å². The number of aromatic nitrogens is 1. The average Bonchev–Trinajstić information content (AvgIpc) is 2.70. The van der Waals surface area contributed by atoms with Gasteiger partial charge in [-0.15, -0.1) is 0 Å². The monoisotopic (exact) mass is 375 g/mol. The van der Waals surface area contributed by atoms with Crippen LogP contribution in [0, 0.1) is 0 Å². The van der Waals surface area contributed by atoms with E-state index in [1.165, 1.54) is 0 Å². The lowest BCUT2D eigenvalue weighted by atomic mass is 10.0. The molecule has 0 saturated carbocycles. The van der Waals surface area contributed by atoms with Gasteiger partial charge in [-0.3, -0.25) is 24.5 Å². The minimum Gasteiger partial charge on any atom is -0.379 e. The van der Waals surface area contributed by atoms with E-state index in [1.807, 2.05) is 18.3 Å². The Hall–Kier alpha value is -1.54. The molecular formula is C20H33N5O2. The van der Waals surface area contributed by atoms with Crippen LogP contribution >= 0.6 is 0 Å². The molecule has 2 aliphatic rings. The summed E-state index contributed by atoms with van der Waals surface area (Å²) in [6.07, 6.45) is 1.84. The van der Waals surface area contributed by atoms with Gasteiger partial charge in [0.25, 0.3) is 0 Å². The predicted molar refractivity (Wildman–Crippen MR) is 105 cm³/mol. The molecule has 0 unspecified atom stereocenters. The lowest BCUT2D eigenvalue weighted by molar-refractivity contribution is -0.123. The van der Waals surface area contributed by atoms with Crippen molar-refractivity contribution < 1.29 is 9.53 Å². The van der Waals surface area contributed by atoms with Gasteiger partial charge in [0.2, 0.25) is 5.91 Å². The number of hydrogen-bond donors (Lipinski definition) is 1. The Morgan fingerprint density at radius 1 is 1.11 bits per heavy atom. The van der Waals surface area contributed by atoms with E-state index >= 15 is 0 Å². The van der Waals surface area contributed by atoms with Crippen LogP contribution in [0.1, 0.15) is 19.5 Å². The summed E-state index contributed by atoms with van der Waals surface area (Å²) in [5, 5.41) is 3.13. The maximum absolute atomic E-state index is 12.4. The van der Waals surface area contributed by atoms with E-state index in [4.69, 9.17) is 4.74 Å². The smallest absolute Gasteiger partial charge is 0.234 e. The molecule has 1 N–H and O–H groups in total. The van der Waals surface area contributed by atoms with Crippen molar-refractivity contribution in [2.45, 2.75) is 25.9 Å². The zero-order valence-corrected chi connectivity index (χ0v) is 16.7. The number of pyridine rings is 1. The number of ether oxygens (including phenoxy) is 1. The van der Waals surface area contributed by atoms with Crippen LogP contribution < -0.4 is 5.32 Å². The molecule has 2 fully saturated rings. The molecule has 2 aliphatic heterocycles. The Bertz CT molecular complexity index is 581. The van der Waals surface area contributed by atoms with Crippen LogP contribution in [0.15, 0.2) is 24.4 Å². The molecule has 150 valence electrons. The highest BCUT2D eigenvalue weighted by molar-refractivity contribution is 5.78. The number of hydrogen-bond acceptors (Lipinski definition) is 6. The molecule has 0 radical (unpaired) electrons. The molecule has 1 amide bonds. The molecule has 7 nitrogen and oxygen atoms in total. The Morgan fingerprint density at radius 3 is 2.48 bits per heavy atom. The van der Waals surface area contributed by atoms with Crippen molar-refractivity contribution >= 4 is 5.91 Å². The van der Waals surface area contributed by atoms with Crippen molar-refractivity contribution in [3.63, 3.8) is 0 Å². The third-order valence-electron chi connectivity index (χ3n) is 5.53. The standard InChI is InChI=1S/C20H33N5O2/c1-20(2,25-11-13-27-14-12-25)17-22-19(26)16-24-9-7-23(8-10-24)15-18-5-3-4-6-21-18/h3-6H,7-17H2,1-2H3,(H,22,26). The predicted octanol–water partition coefficient (Wildman–Crippen LogP) is 0.426. The van der Waals surface area contributed by atoms with Gasteiger partial charge in [-0.2, -0.15) is 0 Å². The van der Waals surface area contributed by atoms with Crippen LogP contribution in [-0.2, 0) is 16.1 Å². The molecule has 0 bridgehead atoms. The molecule has 0 aromatic carbocycles. The van der Waals surface area contributed by atoms with Gasteiger partial charge in [0.1, 0.15) is 0 Å². The summed E-state index contributed by atoms with van der Waals surface area (Å²) < 4.78 is 5.42. The van der Waals surface area contributed by atoms with Crippen LogP contribution in [0.4, 0.5) is 0 Å². The number of carbonyl (C=O) groups excluding carboxylic acids is 1. The number of amides is 1. The Labute approximate surface area is 162 Å². The lowest BCUT2D eigenvalue weighted by Crippen LogP contribution is -2.56. The summed E-state index contributed by atoms with van der Waals surface area (Å²) in [4.78, 5) is 23.8. The third kappa shape index (κ3) is 6.24. The quantitative estimate of drug-likeness (QED) is 0.746. The number of morpholine rings is 1. The highest BCUT2D eigenvalue weighted by Gasteiger charge is 2.29. The fourth-order valence-electron chi connectivity index (χ4n) is 3.68. The Kier molecular flexibility index (Phi) is 7.18. The van der Waals surface area contributed by atoms with Gasteiger partial charge >= 0.3 is 0 Å². The van der Waals surface area contributed by atoms with Crippen molar-refractivity contribution in [1.82, 2.24) is 25.0 Å². The van der Waals surface area contributed by atoms with Crippen LogP contribution in [0.3, 0.4) is 0 Å². The first-order valence-electron chi connectivity index (χ1n) is 9.97. The number of nitrogens with zero attached hydrogens (tertiary/aromatic N) is 4. The summed E-state index contributed by atoms with van der Waals surface area (Å²) in [5.41, 5.74) is 1.06. The minimum atomic E-state index is -0.0409. The zero-order chi connectivity index (χ0) is 19.1. The van der Waals surface area contributed by atoms with Crippen LogP contribution in [0.25, 0.3) is 0 Å². The molecule has 1 aromatic rings. The first-order valence-corrected chi connectivity index (χ1v) is 9.97. The number of rotatable bonds is 7. The van der Waals surface area contributed by atoms with Crippen LogP contribution in [0.5, 0.6) is 0 Å². The van der Waals surface area contributed by atoms with Gasteiger partial charge < -0.3 is 10.1 Å². The van der Waals surface area contributed by atoms with Gasteiger partial charge in [0, 0.05) is 64.1 Å². The topological polar surface area (TPSA) is 60.9 Å². The lowest BCUT2D eigenvalue weighted by Gasteiger charge is -2.41. The fourth-order valence-corrected chi connectivity index (χ4v) is 3.68. The molecule has 7 heteroatoms. The van der Waals surface area contributed by atoms with Gasteiger partial charge in [-0.25, -0.2) is 0 Å². The number of piperazine rings is 1. The molecule has 0 atom stereocenters. The second-order valence-electron chi connectivity index (χ2n) is 8.06. The van der Waals surface area contributed by atoms with Crippen molar-refractivity contribution in [2.24, 2.45) is 0 Å². The highest BCUT2D eigenvalue weighted by atomic mass is 16.5. The average molecular weight is 376 g/mol.